The lowest BCUT2D eigenvalue weighted by molar-refractivity contribution is -0.161. The van der Waals surface area contributed by atoms with Gasteiger partial charge in [-0.2, -0.15) is 0 Å². The number of unbranched alkanes of at least 4 members (excludes halogenated alkanes) is 34. The zero-order valence-electron chi connectivity index (χ0n) is 54.9. The van der Waals surface area contributed by atoms with Gasteiger partial charge in [-0.05, 0) is 37.5 Å². The van der Waals surface area contributed by atoms with E-state index in [1.807, 2.05) is 0 Å². The molecule has 19 heteroatoms. The second-order valence-corrected chi connectivity index (χ2v) is 27.5. The van der Waals surface area contributed by atoms with E-state index in [0.29, 0.717) is 25.7 Å². The second kappa shape index (κ2) is 58.4. The van der Waals surface area contributed by atoms with E-state index in [1.54, 1.807) is 0 Å². The van der Waals surface area contributed by atoms with Crippen molar-refractivity contribution in [1.82, 2.24) is 0 Å². The van der Waals surface area contributed by atoms with E-state index >= 15 is 0 Å². The molecule has 0 fully saturated rings. The largest absolute Gasteiger partial charge is 0.472 e. The first kappa shape index (κ1) is 83.1. The van der Waals surface area contributed by atoms with Crippen LogP contribution >= 0.6 is 15.6 Å². The van der Waals surface area contributed by atoms with Crippen LogP contribution in [0.4, 0.5) is 0 Å². The molecule has 0 aliphatic carbocycles. The smallest absolute Gasteiger partial charge is 0.462 e. The van der Waals surface area contributed by atoms with Crippen molar-refractivity contribution in [3.8, 4) is 0 Å². The van der Waals surface area contributed by atoms with Gasteiger partial charge in [0, 0.05) is 25.7 Å². The number of esters is 4. The van der Waals surface area contributed by atoms with Gasteiger partial charge in [0.1, 0.15) is 19.3 Å². The summed E-state index contributed by atoms with van der Waals surface area (Å²) in [5.74, 6) is -0.603. The van der Waals surface area contributed by atoms with Gasteiger partial charge < -0.3 is 33.8 Å². The third kappa shape index (κ3) is 59.5. The van der Waals surface area contributed by atoms with Gasteiger partial charge in [-0.25, -0.2) is 9.13 Å². The molecule has 0 aromatic rings. The minimum Gasteiger partial charge on any atom is -0.462 e. The Morgan fingerprint density at radius 1 is 0.341 bits per heavy atom. The third-order valence-corrected chi connectivity index (χ3v) is 17.5. The summed E-state index contributed by atoms with van der Waals surface area (Å²) in [4.78, 5) is 72.1. The summed E-state index contributed by atoms with van der Waals surface area (Å²) in [6.45, 7) is 9.45. The summed E-state index contributed by atoms with van der Waals surface area (Å²) >= 11 is 0. The lowest BCUT2D eigenvalue weighted by atomic mass is 10.00. The molecule has 3 N–H and O–H groups in total. The van der Waals surface area contributed by atoms with Crippen LogP contribution in [0.1, 0.15) is 330 Å². The molecule has 0 radical (unpaired) electrons. The maximum absolute atomic E-state index is 13.0. The van der Waals surface area contributed by atoms with Gasteiger partial charge in [0.05, 0.1) is 26.4 Å². The fourth-order valence-electron chi connectivity index (χ4n) is 9.85. The van der Waals surface area contributed by atoms with Gasteiger partial charge >= 0.3 is 39.5 Å². The number of carbonyl (C=O) groups is 4. The van der Waals surface area contributed by atoms with Crippen molar-refractivity contribution in [1.29, 1.82) is 0 Å². The Kier molecular flexibility index (Phi) is 57.1. The first-order valence-electron chi connectivity index (χ1n) is 34.5. The summed E-state index contributed by atoms with van der Waals surface area (Å²) in [6, 6.07) is 0. The molecule has 0 rings (SSSR count). The zero-order valence-corrected chi connectivity index (χ0v) is 56.7. The van der Waals surface area contributed by atoms with E-state index < -0.39 is 97.5 Å². The van der Waals surface area contributed by atoms with Crippen LogP contribution in [0.25, 0.3) is 0 Å². The van der Waals surface area contributed by atoms with Gasteiger partial charge in [-0.15, -0.1) is 0 Å². The molecule has 0 saturated heterocycles. The molecule has 0 spiro atoms. The van der Waals surface area contributed by atoms with Crippen LogP contribution in [0.2, 0.25) is 0 Å². The normalized spacial score (nSPS) is 14.6. The van der Waals surface area contributed by atoms with E-state index in [9.17, 15) is 43.2 Å². The zero-order chi connectivity index (χ0) is 62.9. The van der Waals surface area contributed by atoms with Crippen LogP contribution in [-0.2, 0) is 65.4 Å². The van der Waals surface area contributed by atoms with E-state index in [0.717, 1.165) is 121 Å². The highest BCUT2D eigenvalue weighted by atomic mass is 31.2. The summed E-state index contributed by atoms with van der Waals surface area (Å²) in [5.41, 5.74) is 0. The Morgan fingerprint density at radius 2 is 0.600 bits per heavy atom. The Balaban J connectivity index is 5.17. The van der Waals surface area contributed by atoms with Crippen molar-refractivity contribution < 1.29 is 80.2 Å². The molecule has 0 amide bonds. The molecule has 504 valence electrons. The number of carbonyl (C=O) groups excluding carboxylic acids is 4. The number of hydrogen-bond acceptors (Lipinski definition) is 15. The van der Waals surface area contributed by atoms with Gasteiger partial charge in [-0.1, -0.05) is 279 Å². The van der Waals surface area contributed by atoms with Crippen molar-refractivity contribution in [3.63, 3.8) is 0 Å². The van der Waals surface area contributed by atoms with E-state index in [4.69, 9.17) is 37.0 Å². The van der Waals surface area contributed by atoms with Crippen molar-refractivity contribution in [2.45, 2.75) is 349 Å². The van der Waals surface area contributed by atoms with Crippen molar-refractivity contribution in [2.75, 3.05) is 39.6 Å². The van der Waals surface area contributed by atoms with Gasteiger partial charge in [0.2, 0.25) is 0 Å². The van der Waals surface area contributed by atoms with Gasteiger partial charge in [0.25, 0.3) is 0 Å². The van der Waals surface area contributed by atoms with Crippen molar-refractivity contribution in [3.05, 3.63) is 0 Å². The SMILES string of the molecule is CCCCCCCCCCCCC(=O)O[C@H](COC(=O)CCCCCCCCC)COP(=O)(O)OC[C@H](O)COP(=O)(O)OC[C@@H](COC(=O)CCCCCCCCC(C)CC)OC(=O)CCCCCCCCCCCCCCCCCC(C)C. The molecular weight excluding hydrogens is 1130 g/mol. The van der Waals surface area contributed by atoms with Gasteiger partial charge in [-0.3, -0.25) is 37.3 Å². The van der Waals surface area contributed by atoms with Crippen LogP contribution in [0.15, 0.2) is 0 Å². The van der Waals surface area contributed by atoms with E-state index in [1.165, 1.54) is 128 Å². The highest BCUT2D eigenvalue weighted by Gasteiger charge is 2.30. The Bertz CT molecular complexity index is 1670. The molecular formula is C66H128O17P2. The molecule has 85 heavy (non-hydrogen) atoms. The lowest BCUT2D eigenvalue weighted by Gasteiger charge is -2.21. The average molecular weight is 1260 g/mol. The molecule has 3 unspecified atom stereocenters. The number of hydrogen-bond donors (Lipinski definition) is 3. The third-order valence-electron chi connectivity index (χ3n) is 15.6. The minimum atomic E-state index is -4.95. The van der Waals surface area contributed by atoms with E-state index in [-0.39, 0.29) is 25.7 Å². The summed E-state index contributed by atoms with van der Waals surface area (Å²) in [7, 11) is -9.88. The Labute approximate surface area is 517 Å². The molecule has 0 saturated carbocycles. The van der Waals surface area contributed by atoms with Crippen LogP contribution in [0.5, 0.6) is 0 Å². The molecule has 0 aromatic carbocycles. The first-order valence-corrected chi connectivity index (χ1v) is 37.5. The fraction of sp³-hybridized carbons (Fsp3) is 0.939. The number of rotatable bonds is 65. The first-order chi connectivity index (χ1) is 40.9. The van der Waals surface area contributed by atoms with Crippen molar-refractivity contribution >= 4 is 39.5 Å². The van der Waals surface area contributed by atoms with E-state index in [2.05, 4.69) is 41.5 Å². The quantitative estimate of drug-likeness (QED) is 0.0222. The summed E-state index contributed by atoms with van der Waals surface area (Å²) in [5, 5.41) is 10.5. The maximum atomic E-state index is 13.0. The molecule has 0 heterocycles. The molecule has 17 nitrogen and oxygen atoms in total. The predicted octanol–water partition coefficient (Wildman–Crippen LogP) is 18.4. The number of ether oxygens (including phenoxy) is 4. The van der Waals surface area contributed by atoms with Crippen LogP contribution < -0.4 is 0 Å². The Morgan fingerprint density at radius 3 is 0.894 bits per heavy atom. The highest BCUT2D eigenvalue weighted by molar-refractivity contribution is 7.47. The van der Waals surface area contributed by atoms with Crippen LogP contribution in [0, 0.1) is 11.8 Å². The number of aliphatic hydroxyl groups excluding tert-OH is 1. The average Bonchev–Trinajstić information content (AvgIpc) is 3.55. The van der Waals surface area contributed by atoms with Gasteiger partial charge in [0.15, 0.2) is 12.2 Å². The minimum absolute atomic E-state index is 0.106. The molecule has 0 aliphatic heterocycles. The number of aliphatic hydroxyl groups is 1. The molecule has 0 bridgehead atoms. The van der Waals surface area contributed by atoms with Crippen molar-refractivity contribution in [2.24, 2.45) is 11.8 Å². The summed E-state index contributed by atoms with van der Waals surface area (Å²) < 4.78 is 68.0. The topological polar surface area (TPSA) is 237 Å². The lowest BCUT2D eigenvalue weighted by Crippen LogP contribution is -2.30. The summed E-state index contributed by atoms with van der Waals surface area (Å²) in [6.07, 6.45) is 41.8. The number of phosphoric ester groups is 2. The molecule has 0 aromatic heterocycles. The fourth-order valence-corrected chi connectivity index (χ4v) is 11.4. The van der Waals surface area contributed by atoms with Crippen LogP contribution in [0.3, 0.4) is 0 Å². The second-order valence-electron chi connectivity index (χ2n) is 24.6. The highest BCUT2D eigenvalue weighted by Crippen LogP contribution is 2.45. The predicted molar refractivity (Wildman–Crippen MR) is 340 cm³/mol. The van der Waals surface area contributed by atoms with Crippen LogP contribution in [-0.4, -0.2) is 96.7 Å². The number of phosphoric acid groups is 2. The Hall–Kier alpha value is -1.94. The maximum Gasteiger partial charge on any atom is 0.472 e. The molecule has 0 aliphatic rings. The monoisotopic (exact) mass is 1250 g/mol. The molecule has 6 atom stereocenters. The standard InChI is InChI=1S/C66H128O17P2/c1-7-10-12-14-16-17-26-30-38-44-50-65(70)82-61(54-76-63(68)48-42-36-28-15-13-11-8-2)56-80-84(72,73)78-52-60(67)53-79-85(74,75)81-57-62(55-77-64(69)49-43-37-33-32-35-41-47-59(6)9-3)83-66(71)51-45-39-31-27-24-22-20-18-19-21-23-25-29-34-40-46-58(4)5/h58-62,67H,7-57H2,1-6H3,(H,72,73)(H,74,75)/t59?,60-,61+,62+/m0/s1.